The highest BCUT2D eigenvalue weighted by molar-refractivity contribution is 5.97. The van der Waals surface area contributed by atoms with Crippen molar-refractivity contribution in [3.63, 3.8) is 0 Å². The molecule has 5 atom stereocenters. The highest BCUT2D eigenvalue weighted by Crippen LogP contribution is 2.07. The molecule has 0 bridgehead atoms. The third-order valence-electron chi connectivity index (χ3n) is 4.84. The molecule has 182 valence electrons. The summed E-state index contributed by atoms with van der Waals surface area (Å²) >= 11 is 0. The standard InChI is InChI=1S/C19H33N5O8/c1-5-9(4)14(21)18(30)23-10(6-12(20)25)16(28)22-11(7-13(26)27)17(29)24-15(8(2)3)19(31)32/h8-11,14-15H,5-7,21H2,1-4H3,(H2,20,25)(H,22,28)(H,23,30)(H,24,29)(H,26,27)(H,31,32). The topological polar surface area (TPSA) is 231 Å². The molecule has 0 saturated heterocycles. The van der Waals surface area contributed by atoms with Crippen LogP contribution in [0.1, 0.15) is 47.0 Å². The lowest BCUT2D eigenvalue weighted by molar-refractivity contribution is -0.144. The number of carboxylic acids is 2. The van der Waals surface area contributed by atoms with Gasteiger partial charge < -0.3 is 37.6 Å². The molecular weight excluding hydrogens is 426 g/mol. The SMILES string of the molecule is CCC(C)C(N)C(=O)NC(CC(N)=O)C(=O)NC(CC(=O)O)C(=O)NC(C(=O)O)C(C)C. The normalized spacial score (nSPS) is 15.6. The van der Waals surface area contributed by atoms with Crippen molar-refractivity contribution in [2.75, 3.05) is 0 Å². The van der Waals surface area contributed by atoms with Crippen LogP contribution in [0, 0.1) is 11.8 Å². The van der Waals surface area contributed by atoms with Crippen LogP contribution in [-0.2, 0) is 28.8 Å². The zero-order chi connectivity index (χ0) is 25.2. The molecule has 0 aromatic rings. The predicted octanol–water partition coefficient (Wildman–Crippen LogP) is -2.10. The molecular formula is C19H33N5O8. The molecule has 0 radical (unpaired) electrons. The summed E-state index contributed by atoms with van der Waals surface area (Å²) in [7, 11) is 0. The van der Waals surface area contributed by atoms with Crippen molar-refractivity contribution in [3.05, 3.63) is 0 Å². The average molecular weight is 460 g/mol. The molecule has 0 aliphatic heterocycles. The number of nitrogens with two attached hydrogens (primary N) is 2. The van der Waals surface area contributed by atoms with Crippen LogP contribution in [0.4, 0.5) is 0 Å². The van der Waals surface area contributed by atoms with E-state index in [-0.39, 0.29) is 5.92 Å². The molecule has 0 aromatic heterocycles. The molecule has 0 aliphatic rings. The third-order valence-corrected chi connectivity index (χ3v) is 4.84. The lowest BCUT2D eigenvalue weighted by Crippen LogP contribution is -2.59. The van der Waals surface area contributed by atoms with Crippen LogP contribution in [0.25, 0.3) is 0 Å². The Morgan fingerprint density at radius 3 is 1.69 bits per heavy atom. The van der Waals surface area contributed by atoms with E-state index in [1.807, 2.05) is 6.92 Å². The molecule has 5 unspecified atom stereocenters. The Labute approximate surface area is 185 Å². The fraction of sp³-hybridized carbons (Fsp3) is 0.684. The van der Waals surface area contributed by atoms with E-state index < -0.39 is 78.5 Å². The highest BCUT2D eigenvalue weighted by Gasteiger charge is 2.33. The minimum Gasteiger partial charge on any atom is -0.481 e. The molecule has 32 heavy (non-hydrogen) atoms. The predicted molar refractivity (Wildman–Crippen MR) is 112 cm³/mol. The molecule has 0 rings (SSSR count). The molecule has 13 nitrogen and oxygen atoms in total. The zero-order valence-corrected chi connectivity index (χ0v) is 18.6. The number of carboxylic acid groups (broad SMARTS) is 2. The van der Waals surface area contributed by atoms with Gasteiger partial charge in [-0.2, -0.15) is 0 Å². The quantitative estimate of drug-likeness (QED) is 0.151. The van der Waals surface area contributed by atoms with Crippen molar-refractivity contribution in [1.82, 2.24) is 16.0 Å². The first-order chi connectivity index (χ1) is 14.7. The summed E-state index contributed by atoms with van der Waals surface area (Å²) in [5.74, 6) is -7.32. The van der Waals surface area contributed by atoms with Gasteiger partial charge in [0.25, 0.3) is 0 Å². The molecule has 0 spiro atoms. The van der Waals surface area contributed by atoms with E-state index in [9.17, 15) is 33.9 Å². The van der Waals surface area contributed by atoms with E-state index in [4.69, 9.17) is 16.6 Å². The second kappa shape index (κ2) is 13.2. The Kier molecular flexibility index (Phi) is 11.9. The van der Waals surface area contributed by atoms with Crippen molar-refractivity contribution in [2.24, 2.45) is 23.3 Å². The summed E-state index contributed by atoms with van der Waals surface area (Å²) in [6, 6.07) is -5.50. The third kappa shape index (κ3) is 9.73. The maximum absolute atomic E-state index is 12.7. The maximum atomic E-state index is 12.7. The summed E-state index contributed by atoms with van der Waals surface area (Å²) < 4.78 is 0. The minimum absolute atomic E-state index is 0.234. The smallest absolute Gasteiger partial charge is 0.326 e. The van der Waals surface area contributed by atoms with Crippen LogP contribution in [0.3, 0.4) is 0 Å². The van der Waals surface area contributed by atoms with Crippen LogP contribution in [-0.4, -0.2) is 69.9 Å². The van der Waals surface area contributed by atoms with Crippen LogP contribution in [0.5, 0.6) is 0 Å². The summed E-state index contributed by atoms with van der Waals surface area (Å²) in [6.45, 7) is 6.59. The molecule has 0 fully saturated rings. The van der Waals surface area contributed by atoms with Gasteiger partial charge in [0.1, 0.15) is 18.1 Å². The molecule has 0 aliphatic carbocycles. The fourth-order valence-electron chi connectivity index (χ4n) is 2.61. The van der Waals surface area contributed by atoms with Gasteiger partial charge >= 0.3 is 11.9 Å². The number of aliphatic carboxylic acids is 2. The zero-order valence-electron chi connectivity index (χ0n) is 18.6. The molecule has 4 amide bonds. The second-order valence-electron chi connectivity index (χ2n) is 7.87. The van der Waals surface area contributed by atoms with Gasteiger partial charge in [-0.1, -0.05) is 34.1 Å². The van der Waals surface area contributed by atoms with Gasteiger partial charge in [-0.3, -0.25) is 24.0 Å². The number of nitrogens with one attached hydrogen (secondary N) is 3. The van der Waals surface area contributed by atoms with E-state index >= 15 is 0 Å². The number of hydrogen-bond acceptors (Lipinski definition) is 7. The van der Waals surface area contributed by atoms with Crippen LogP contribution in [0.15, 0.2) is 0 Å². The fourth-order valence-corrected chi connectivity index (χ4v) is 2.61. The summed E-state index contributed by atoms with van der Waals surface area (Å²) in [4.78, 5) is 71.3. The Balaban J connectivity index is 5.58. The van der Waals surface area contributed by atoms with E-state index in [2.05, 4.69) is 16.0 Å². The van der Waals surface area contributed by atoms with Crippen LogP contribution in [0.2, 0.25) is 0 Å². The maximum Gasteiger partial charge on any atom is 0.326 e. The number of amides is 4. The Morgan fingerprint density at radius 2 is 1.28 bits per heavy atom. The lowest BCUT2D eigenvalue weighted by Gasteiger charge is -2.25. The Morgan fingerprint density at radius 1 is 0.812 bits per heavy atom. The second-order valence-corrected chi connectivity index (χ2v) is 7.87. The molecule has 0 aromatic carbocycles. The first-order valence-corrected chi connectivity index (χ1v) is 10.1. The first-order valence-electron chi connectivity index (χ1n) is 10.1. The summed E-state index contributed by atoms with van der Waals surface area (Å²) in [5.41, 5.74) is 11.0. The average Bonchev–Trinajstić information content (AvgIpc) is 2.68. The Bertz CT molecular complexity index is 727. The monoisotopic (exact) mass is 459 g/mol. The van der Waals surface area contributed by atoms with Crippen LogP contribution >= 0.6 is 0 Å². The number of carbonyl (C=O) groups is 6. The largest absolute Gasteiger partial charge is 0.481 e. The van der Waals surface area contributed by atoms with Gasteiger partial charge in [0.2, 0.25) is 23.6 Å². The highest BCUT2D eigenvalue weighted by atomic mass is 16.4. The molecule has 9 N–H and O–H groups in total. The van der Waals surface area contributed by atoms with Crippen molar-refractivity contribution >= 4 is 35.6 Å². The summed E-state index contributed by atoms with van der Waals surface area (Å²) in [6.07, 6.45) is -0.926. The van der Waals surface area contributed by atoms with E-state index in [1.54, 1.807) is 6.92 Å². The van der Waals surface area contributed by atoms with Crippen molar-refractivity contribution in [2.45, 2.75) is 71.1 Å². The van der Waals surface area contributed by atoms with E-state index in [1.165, 1.54) is 13.8 Å². The minimum atomic E-state index is -1.67. The number of primary amides is 1. The van der Waals surface area contributed by atoms with Gasteiger partial charge in [0, 0.05) is 0 Å². The van der Waals surface area contributed by atoms with Crippen molar-refractivity contribution in [3.8, 4) is 0 Å². The van der Waals surface area contributed by atoms with Crippen LogP contribution < -0.4 is 27.4 Å². The van der Waals surface area contributed by atoms with Gasteiger partial charge in [0.05, 0.1) is 18.9 Å². The number of rotatable bonds is 14. The van der Waals surface area contributed by atoms with Gasteiger partial charge in [-0.05, 0) is 11.8 Å². The Hall–Kier alpha value is -3.22. The van der Waals surface area contributed by atoms with Gasteiger partial charge in [0.15, 0.2) is 0 Å². The lowest BCUT2D eigenvalue weighted by atomic mass is 9.99. The molecule has 13 heteroatoms. The number of carbonyl (C=O) groups excluding carboxylic acids is 4. The van der Waals surface area contributed by atoms with Crippen molar-refractivity contribution < 1.29 is 39.0 Å². The van der Waals surface area contributed by atoms with Crippen molar-refractivity contribution in [1.29, 1.82) is 0 Å². The molecule has 0 saturated carbocycles. The summed E-state index contributed by atoms with van der Waals surface area (Å²) in [5, 5.41) is 24.9. The first kappa shape index (κ1) is 28.8. The van der Waals surface area contributed by atoms with Gasteiger partial charge in [-0.25, -0.2) is 4.79 Å². The molecule has 0 heterocycles. The van der Waals surface area contributed by atoms with Gasteiger partial charge in [-0.15, -0.1) is 0 Å². The van der Waals surface area contributed by atoms with E-state index in [0.29, 0.717) is 6.42 Å². The number of hydrogen-bond donors (Lipinski definition) is 7. The van der Waals surface area contributed by atoms with E-state index in [0.717, 1.165) is 0 Å².